The fraction of sp³-hybridized carbons (Fsp3) is 0.500. The fourth-order valence-corrected chi connectivity index (χ4v) is 2.46. The van der Waals surface area contributed by atoms with Crippen LogP contribution in [0.25, 0.3) is 0 Å². The summed E-state index contributed by atoms with van der Waals surface area (Å²) in [6, 6.07) is 1.98. The quantitative estimate of drug-likeness (QED) is 0.830. The van der Waals surface area contributed by atoms with Crippen LogP contribution < -0.4 is 10.1 Å². The number of aromatic nitrogens is 1. The number of carboxylic acids is 1. The number of carboxylic acid groups (broad SMARTS) is 1. The summed E-state index contributed by atoms with van der Waals surface area (Å²) in [5, 5.41) is 11.5. The van der Waals surface area contributed by atoms with E-state index in [1.807, 2.05) is 0 Å². The van der Waals surface area contributed by atoms with Gasteiger partial charge in [-0.15, -0.1) is 0 Å². The average Bonchev–Trinajstić information content (AvgIpc) is 2.91. The number of ether oxygens (including phenoxy) is 1. The zero-order chi connectivity index (χ0) is 17.9. The number of hydrogen-bond donors (Lipinski definition) is 2. The number of rotatable bonds is 5. The van der Waals surface area contributed by atoms with Crippen molar-refractivity contribution in [3.8, 4) is 5.75 Å². The molecule has 0 spiro atoms. The maximum absolute atomic E-state index is 12.4. The molecule has 1 aromatic rings. The molecule has 0 saturated carbocycles. The van der Waals surface area contributed by atoms with E-state index < -0.39 is 30.6 Å². The molecule has 2 N–H and O–H groups in total. The Balaban J connectivity index is 2.03. The van der Waals surface area contributed by atoms with Crippen molar-refractivity contribution in [3.05, 3.63) is 23.5 Å². The Morgan fingerprint density at radius 3 is 2.67 bits per heavy atom. The number of nitrogens with one attached hydrogen (secondary N) is 1. The van der Waals surface area contributed by atoms with Crippen LogP contribution >= 0.6 is 0 Å². The van der Waals surface area contributed by atoms with E-state index in [1.165, 1.54) is 24.1 Å². The van der Waals surface area contributed by atoms with E-state index in [-0.39, 0.29) is 30.2 Å². The van der Waals surface area contributed by atoms with E-state index in [9.17, 15) is 22.8 Å². The lowest BCUT2D eigenvalue weighted by molar-refractivity contribution is -0.143. The molecule has 2 heterocycles. The molecule has 1 unspecified atom stereocenters. The molecule has 24 heavy (non-hydrogen) atoms. The van der Waals surface area contributed by atoms with Gasteiger partial charge < -0.3 is 15.2 Å². The molecule has 10 heteroatoms. The van der Waals surface area contributed by atoms with Gasteiger partial charge in [-0.2, -0.15) is 13.2 Å². The zero-order valence-corrected chi connectivity index (χ0v) is 12.8. The first-order valence-electron chi connectivity index (χ1n) is 7.07. The van der Waals surface area contributed by atoms with Crippen molar-refractivity contribution in [2.24, 2.45) is 0 Å². The van der Waals surface area contributed by atoms with Gasteiger partial charge in [0.15, 0.2) is 5.69 Å². The molecule has 1 aliphatic heterocycles. The Labute approximate surface area is 135 Å². The number of amides is 1. The molecule has 0 radical (unpaired) electrons. The minimum Gasteiger partial charge on any atom is -0.497 e. The summed E-state index contributed by atoms with van der Waals surface area (Å²) in [7, 11) is 1.31. The standard InChI is InChI=1S/C14H16F3N3O4/c1-24-9-4-10(19-11(5-9)13(22)23)12(21)18-8-2-3-20(6-8)7-14(15,16)17/h4-5,8H,2-3,6-7H2,1H3,(H,18,21)(H,22,23). The van der Waals surface area contributed by atoms with Crippen LogP contribution in [0.5, 0.6) is 5.75 Å². The van der Waals surface area contributed by atoms with E-state index in [1.54, 1.807) is 0 Å². The smallest absolute Gasteiger partial charge is 0.401 e. The number of methoxy groups -OCH3 is 1. The van der Waals surface area contributed by atoms with E-state index >= 15 is 0 Å². The van der Waals surface area contributed by atoms with Crippen LogP contribution in [-0.2, 0) is 0 Å². The molecule has 1 amide bonds. The van der Waals surface area contributed by atoms with Gasteiger partial charge >= 0.3 is 12.1 Å². The molecule has 0 bridgehead atoms. The summed E-state index contributed by atoms with van der Waals surface area (Å²) >= 11 is 0. The second kappa shape index (κ2) is 7.04. The van der Waals surface area contributed by atoms with E-state index in [0.717, 1.165) is 0 Å². The van der Waals surface area contributed by atoms with Crippen LogP contribution in [0.3, 0.4) is 0 Å². The summed E-state index contributed by atoms with van der Waals surface area (Å²) in [4.78, 5) is 28.1. The highest BCUT2D eigenvalue weighted by atomic mass is 19.4. The molecule has 1 aromatic heterocycles. The van der Waals surface area contributed by atoms with Crippen molar-refractivity contribution in [2.75, 3.05) is 26.7 Å². The number of carbonyl (C=O) groups excluding carboxylic acids is 1. The van der Waals surface area contributed by atoms with E-state index in [4.69, 9.17) is 9.84 Å². The van der Waals surface area contributed by atoms with Crippen molar-refractivity contribution in [1.29, 1.82) is 0 Å². The SMILES string of the molecule is COc1cc(C(=O)O)nc(C(=O)NC2CCN(CC(F)(F)F)C2)c1. The number of alkyl halides is 3. The first-order valence-corrected chi connectivity index (χ1v) is 7.07. The lowest BCUT2D eigenvalue weighted by atomic mass is 10.2. The van der Waals surface area contributed by atoms with Crippen LogP contribution in [0, 0.1) is 0 Å². The molecule has 2 rings (SSSR count). The number of hydrogen-bond acceptors (Lipinski definition) is 5. The molecule has 1 saturated heterocycles. The monoisotopic (exact) mass is 347 g/mol. The van der Waals surface area contributed by atoms with Crippen LogP contribution in [0.1, 0.15) is 27.4 Å². The molecule has 1 fully saturated rings. The lowest BCUT2D eigenvalue weighted by Crippen LogP contribution is -2.39. The first-order chi connectivity index (χ1) is 11.2. The van der Waals surface area contributed by atoms with Crippen molar-refractivity contribution in [3.63, 3.8) is 0 Å². The fourth-order valence-electron chi connectivity index (χ4n) is 2.46. The normalized spacial score (nSPS) is 18.4. The molecule has 7 nitrogen and oxygen atoms in total. The predicted octanol–water partition coefficient (Wildman–Crippen LogP) is 1.15. The molecule has 1 atom stereocenters. The molecule has 0 aromatic carbocycles. The van der Waals surface area contributed by atoms with Gasteiger partial charge in [-0.3, -0.25) is 9.69 Å². The predicted molar refractivity (Wildman–Crippen MR) is 76.1 cm³/mol. The average molecular weight is 347 g/mol. The number of nitrogens with zero attached hydrogens (tertiary/aromatic N) is 2. The van der Waals surface area contributed by atoms with Gasteiger partial charge in [0.1, 0.15) is 11.4 Å². The minimum absolute atomic E-state index is 0.0704. The number of carbonyl (C=O) groups is 2. The highest BCUT2D eigenvalue weighted by molar-refractivity contribution is 5.95. The number of pyridine rings is 1. The topological polar surface area (TPSA) is 91.8 Å². The van der Waals surface area contributed by atoms with Crippen LogP contribution in [-0.4, -0.2) is 65.8 Å². The molecule has 0 aliphatic carbocycles. The molecular weight excluding hydrogens is 331 g/mol. The summed E-state index contributed by atoms with van der Waals surface area (Å²) in [5.41, 5.74) is -0.523. The van der Waals surface area contributed by atoms with Gasteiger partial charge in [-0.1, -0.05) is 0 Å². The van der Waals surface area contributed by atoms with Gasteiger partial charge in [0, 0.05) is 31.3 Å². The van der Waals surface area contributed by atoms with Crippen molar-refractivity contribution < 1.29 is 32.6 Å². The summed E-state index contributed by atoms with van der Waals surface area (Å²) < 4.78 is 42.0. The highest BCUT2D eigenvalue weighted by Crippen LogP contribution is 2.20. The van der Waals surface area contributed by atoms with Crippen LogP contribution in [0.2, 0.25) is 0 Å². The molecular formula is C14H16F3N3O4. The Kier molecular flexibility index (Phi) is 5.27. The third kappa shape index (κ3) is 4.82. The Hall–Kier alpha value is -2.36. The maximum atomic E-state index is 12.4. The second-order valence-corrected chi connectivity index (χ2v) is 5.39. The van der Waals surface area contributed by atoms with Crippen molar-refractivity contribution in [1.82, 2.24) is 15.2 Å². The summed E-state index contributed by atoms with van der Waals surface area (Å²) in [6.45, 7) is -0.739. The van der Waals surface area contributed by atoms with Crippen LogP contribution in [0.15, 0.2) is 12.1 Å². The second-order valence-electron chi connectivity index (χ2n) is 5.39. The highest BCUT2D eigenvalue weighted by Gasteiger charge is 2.34. The number of likely N-dealkylation sites (tertiary alicyclic amines) is 1. The Morgan fingerprint density at radius 1 is 1.42 bits per heavy atom. The van der Waals surface area contributed by atoms with Gasteiger partial charge in [0.05, 0.1) is 13.7 Å². The number of aromatic carboxylic acids is 1. The van der Waals surface area contributed by atoms with Gasteiger partial charge in [0.2, 0.25) is 0 Å². The van der Waals surface area contributed by atoms with Gasteiger partial charge in [-0.05, 0) is 6.42 Å². The largest absolute Gasteiger partial charge is 0.497 e. The zero-order valence-electron chi connectivity index (χ0n) is 12.8. The van der Waals surface area contributed by atoms with Gasteiger partial charge in [-0.25, -0.2) is 9.78 Å². The van der Waals surface area contributed by atoms with E-state index in [2.05, 4.69) is 10.3 Å². The third-order valence-electron chi connectivity index (χ3n) is 3.50. The molecule has 1 aliphatic rings. The first kappa shape index (κ1) is 18.0. The summed E-state index contributed by atoms with van der Waals surface area (Å²) in [6.07, 6.45) is -3.92. The lowest BCUT2D eigenvalue weighted by Gasteiger charge is -2.18. The maximum Gasteiger partial charge on any atom is 0.401 e. The molecule has 132 valence electrons. The third-order valence-corrected chi connectivity index (χ3v) is 3.50. The van der Waals surface area contributed by atoms with Crippen molar-refractivity contribution in [2.45, 2.75) is 18.6 Å². The summed E-state index contributed by atoms with van der Waals surface area (Å²) in [5.74, 6) is -1.83. The van der Waals surface area contributed by atoms with Gasteiger partial charge in [0.25, 0.3) is 5.91 Å². The Bertz CT molecular complexity index is 636. The van der Waals surface area contributed by atoms with Crippen molar-refractivity contribution >= 4 is 11.9 Å². The van der Waals surface area contributed by atoms with E-state index in [0.29, 0.717) is 6.42 Å². The minimum atomic E-state index is -4.29. The van der Waals surface area contributed by atoms with Crippen LogP contribution in [0.4, 0.5) is 13.2 Å². The number of halogens is 3. The Morgan fingerprint density at radius 2 is 2.08 bits per heavy atom.